The Bertz CT molecular complexity index is 674. The van der Waals surface area contributed by atoms with Crippen molar-refractivity contribution in [2.75, 3.05) is 17.2 Å². The fourth-order valence-electron chi connectivity index (χ4n) is 1.74. The number of primary amides is 1. The van der Waals surface area contributed by atoms with Crippen LogP contribution in [0.5, 0.6) is 0 Å². The number of urea groups is 1. The molecule has 2 aromatic rings. The molecule has 114 valence electrons. The summed E-state index contributed by atoms with van der Waals surface area (Å²) in [5, 5.41) is 8.18. The molecule has 0 unspecified atom stereocenters. The zero-order valence-electron chi connectivity index (χ0n) is 12.0. The number of aromatic nitrogens is 2. The van der Waals surface area contributed by atoms with E-state index in [0.717, 1.165) is 0 Å². The van der Waals surface area contributed by atoms with Crippen molar-refractivity contribution in [2.24, 2.45) is 5.73 Å². The minimum atomic E-state index is -0.622. The van der Waals surface area contributed by atoms with Crippen molar-refractivity contribution in [1.29, 1.82) is 0 Å². The summed E-state index contributed by atoms with van der Waals surface area (Å²) in [6.07, 6.45) is 4.54. The van der Waals surface area contributed by atoms with Crippen LogP contribution in [0.1, 0.15) is 17.3 Å². The zero-order chi connectivity index (χ0) is 15.9. The number of carbonyl (C=O) groups excluding carboxylic acids is 2. The van der Waals surface area contributed by atoms with Gasteiger partial charge in [-0.25, -0.2) is 9.78 Å². The highest BCUT2D eigenvalue weighted by molar-refractivity contribution is 6.00. The van der Waals surface area contributed by atoms with Crippen LogP contribution in [-0.4, -0.2) is 28.5 Å². The third-order valence-electron chi connectivity index (χ3n) is 2.69. The predicted molar refractivity (Wildman–Crippen MR) is 83.0 cm³/mol. The molecule has 0 spiro atoms. The first-order valence-corrected chi connectivity index (χ1v) is 6.62. The van der Waals surface area contributed by atoms with Crippen LogP contribution < -0.4 is 21.7 Å². The Labute approximate surface area is 127 Å². The first-order chi connectivity index (χ1) is 10.6. The van der Waals surface area contributed by atoms with Gasteiger partial charge in [-0.05, 0) is 19.1 Å². The van der Waals surface area contributed by atoms with Crippen molar-refractivity contribution in [2.45, 2.75) is 6.92 Å². The molecule has 0 aromatic carbocycles. The highest BCUT2D eigenvalue weighted by atomic mass is 16.2. The minimum Gasteiger partial charge on any atom is -0.365 e. The molecule has 0 aliphatic rings. The molecule has 2 heterocycles. The number of hydrogen-bond donors (Lipinski definition) is 4. The average molecular weight is 300 g/mol. The number of nitrogens with two attached hydrogens (primary N) is 1. The summed E-state index contributed by atoms with van der Waals surface area (Å²) in [5.41, 5.74) is 6.66. The second-order valence-electron chi connectivity index (χ2n) is 4.33. The second-order valence-corrected chi connectivity index (χ2v) is 4.33. The Morgan fingerprint density at radius 1 is 1.32 bits per heavy atom. The van der Waals surface area contributed by atoms with Crippen LogP contribution in [0.4, 0.5) is 22.0 Å². The summed E-state index contributed by atoms with van der Waals surface area (Å²) >= 11 is 0. The molecule has 2 aromatic heterocycles. The van der Waals surface area contributed by atoms with Gasteiger partial charge in [0.05, 0.1) is 23.1 Å². The van der Waals surface area contributed by atoms with E-state index in [1.165, 1.54) is 12.3 Å². The Morgan fingerprint density at radius 2 is 2.14 bits per heavy atom. The molecule has 0 atom stereocenters. The molecule has 8 heteroatoms. The van der Waals surface area contributed by atoms with Crippen molar-refractivity contribution in [3.63, 3.8) is 0 Å². The molecule has 8 nitrogen and oxygen atoms in total. The molecule has 0 saturated carbocycles. The predicted octanol–water partition coefficient (Wildman–Crippen LogP) is 1.46. The lowest BCUT2D eigenvalue weighted by molar-refractivity contribution is 0.100. The van der Waals surface area contributed by atoms with Gasteiger partial charge in [0.1, 0.15) is 5.82 Å². The van der Waals surface area contributed by atoms with E-state index in [1.54, 1.807) is 31.5 Å². The minimum absolute atomic E-state index is 0.213. The smallest absolute Gasteiger partial charge is 0.320 e. The number of amides is 3. The molecule has 0 aliphatic carbocycles. The maximum Gasteiger partial charge on any atom is 0.320 e. The normalized spacial score (nSPS) is 9.86. The second kappa shape index (κ2) is 7.02. The molecule has 0 aliphatic heterocycles. The number of anilines is 3. The largest absolute Gasteiger partial charge is 0.365 e. The summed E-state index contributed by atoms with van der Waals surface area (Å²) in [6.45, 7) is 2.30. The summed E-state index contributed by atoms with van der Waals surface area (Å²) in [7, 11) is 0. The van der Waals surface area contributed by atoms with E-state index >= 15 is 0 Å². The van der Waals surface area contributed by atoms with Gasteiger partial charge in [0, 0.05) is 25.0 Å². The average Bonchev–Trinajstić information content (AvgIpc) is 2.48. The van der Waals surface area contributed by atoms with E-state index in [1.807, 2.05) is 0 Å². The van der Waals surface area contributed by atoms with Crippen molar-refractivity contribution >= 4 is 29.1 Å². The van der Waals surface area contributed by atoms with Crippen LogP contribution in [-0.2, 0) is 0 Å². The Hall–Kier alpha value is -3.16. The van der Waals surface area contributed by atoms with Crippen LogP contribution in [0.25, 0.3) is 0 Å². The first kappa shape index (κ1) is 15.2. The van der Waals surface area contributed by atoms with Gasteiger partial charge in [-0.1, -0.05) is 0 Å². The van der Waals surface area contributed by atoms with Crippen LogP contribution >= 0.6 is 0 Å². The van der Waals surface area contributed by atoms with Crippen molar-refractivity contribution in [3.8, 4) is 0 Å². The van der Waals surface area contributed by atoms with E-state index in [9.17, 15) is 9.59 Å². The molecular weight excluding hydrogens is 284 g/mol. The van der Waals surface area contributed by atoms with Crippen molar-refractivity contribution in [1.82, 2.24) is 15.3 Å². The molecule has 3 amide bonds. The highest BCUT2D eigenvalue weighted by Crippen LogP contribution is 2.22. The SMILES string of the molecule is CCNC(=O)Nc1cc(Nc2cccnc2)c(C(N)=O)cn1. The zero-order valence-corrected chi connectivity index (χ0v) is 12.0. The quantitative estimate of drug-likeness (QED) is 0.666. The number of nitrogens with one attached hydrogen (secondary N) is 3. The molecule has 0 bridgehead atoms. The van der Waals surface area contributed by atoms with Gasteiger partial charge < -0.3 is 16.4 Å². The molecule has 2 rings (SSSR count). The standard InChI is InChI=1S/C14H16N6O2/c1-2-17-14(22)20-12-6-11(10(8-18-12)13(15)21)19-9-4-3-5-16-7-9/h3-8H,2H2,1H3,(H2,15,21)(H3,17,18,19,20,22). The lowest BCUT2D eigenvalue weighted by Gasteiger charge is -2.12. The number of nitrogens with zero attached hydrogens (tertiary/aromatic N) is 2. The molecule has 5 N–H and O–H groups in total. The Kier molecular flexibility index (Phi) is 4.86. The van der Waals surface area contributed by atoms with E-state index < -0.39 is 5.91 Å². The third kappa shape index (κ3) is 3.92. The van der Waals surface area contributed by atoms with Crippen molar-refractivity contribution < 1.29 is 9.59 Å². The molecule has 22 heavy (non-hydrogen) atoms. The maximum absolute atomic E-state index is 11.5. The van der Waals surface area contributed by atoms with Crippen LogP contribution in [0.2, 0.25) is 0 Å². The number of rotatable bonds is 5. The van der Waals surface area contributed by atoms with Crippen LogP contribution in [0, 0.1) is 0 Å². The summed E-state index contributed by atoms with van der Waals surface area (Å²) in [6, 6.07) is 4.69. The molecule has 0 radical (unpaired) electrons. The van der Waals surface area contributed by atoms with Gasteiger partial charge >= 0.3 is 6.03 Å². The fourth-order valence-corrected chi connectivity index (χ4v) is 1.74. The molecule has 0 fully saturated rings. The van der Waals surface area contributed by atoms with Gasteiger partial charge in [0.25, 0.3) is 5.91 Å². The topological polar surface area (TPSA) is 122 Å². The highest BCUT2D eigenvalue weighted by Gasteiger charge is 2.12. The Morgan fingerprint density at radius 3 is 2.77 bits per heavy atom. The first-order valence-electron chi connectivity index (χ1n) is 6.62. The summed E-state index contributed by atoms with van der Waals surface area (Å²) in [4.78, 5) is 31.0. The number of hydrogen-bond acceptors (Lipinski definition) is 5. The van der Waals surface area contributed by atoms with E-state index in [2.05, 4.69) is 25.9 Å². The third-order valence-corrected chi connectivity index (χ3v) is 2.69. The van der Waals surface area contributed by atoms with E-state index in [0.29, 0.717) is 23.7 Å². The van der Waals surface area contributed by atoms with Gasteiger partial charge in [-0.2, -0.15) is 0 Å². The summed E-state index contributed by atoms with van der Waals surface area (Å²) < 4.78 is 0. The fraction of sp³-hybridized carbons (Fsp3) is 0.143. The number of pyridine rings is 2. The van der Waals surface area contributed by atoms with Gasteiger partial charge in [0.2, 0.25) is 0 Å². The van der Waals surface area contributed by atoms with Crippen LogP contribution in [0.3, 0.4) is 0 Å². The lowest BCUT2D eigenvalue weighted by atomic mass is 10.2. The van der Waals surface area contributed by atoms with Gasteiger partial charge in [0.15, 0.2) is 0 Å². The van der Waals surface area contributed by atoms with E-state index in [-0.39, 0.29) is 11.6 Å². The molecule has 0 saturated heterocycles. The van der Waals surface area contributed by atoms with Crippen LogP contribution in [0.15, 0.2) is 36.8 Å². The lowest BCUT2D eigenvalue weighted by Crippen LogP contribution is -2.28. The van der Waals surface area contributed by atoms with Crippen molar-refractivity contribution in [3.05, 3.63) is 42.4 Å². The summed E-state index contributed by atoms with van der Waals surface area (Å²) in [5.74, 6) is -0.328. The van der Waals surface area contributed by atoms with Gasteiger partial charge in [-0.3, -0.25) is 15.1 Å². The van der Waals surface area contributed by atoms with E-state index in [4.69, 9.17) is 5.73 Å². The molecular formula is C14H16N6O2. The van der Waals surface area contributed by atoms with Gasteiger partial charge in [-0.15, -0.1) is 0 Å². The monoisotopic (exact) mass is 300 g/mol. The maximum atomic E-state index is 11.5. The number of carbonyl (C=O) groups is 2. The Balaban J connectivity index is 2.28.